The van der Waals surface area contributed by atoms with Crippen molar-refractivity contribution in [1.82, 2.24) is 9.97 Å². The molecule has 19 heavy (non-hydrogen) atoms. The van der Waals surface area contributed by atoms with Gasteiger partial charge in [0.15, 0.2) is 0 Å². The second-order valence-electron chi connectivity index (χ2n) is 5.36. The van der Waals surface area contributed by atoms with Gasteiger partial charge in [-0.3, -0.25) is 0 Å². The molecule has 0 aliphatic heterocycles. The maximum absolute atomic E-state index is 6.22. The van der Waals surface area contributed by atoms with Crippen molar-refractivity contribution >= 4 is 22.2 Å². The minimum absolute atomic E-state index is 0.144. The van der Waals surface area contributed by atoms with Crippen molar-refractivity contribution in [3.8, 4) is 10.6 Å². The topological polar surface area (TPSA) is 54.7 Å². The number of rotatable bonds is 2. The van der Waals surface area contributed by atoms with E-state index in [1.165, 1.54) is 22.2 Å². The van der Waals surface area contributed by atoms with Crippen LogP contribution >= 0.6 is 11.3 Å². The summed E-state index contributed by atoms with van der Waals surface area (Å²) in [6, 6.07) is 8.36. The first-order valence-corrected chi connectivity index (χ1v) is 7.38. The molecule has 4 rings (SSSR count). The first-order valence-electron chi connectivity index (χ1n) is 6.50. The molecule has 1 aliphatic carbocycles. The van der Waals surface area contributed by atoms with Gasteiger partial charge in [0.2, 0.25) is 0 Å². The average Bonchev–Trinajstić information content (AvgIpc) is 2.87. The molecule has 1 aliphatic rings. The lowest BCUT2D eigenvalue weighted by molar-refractivity contribution is 0.715. The third kappa shape index (κ3) is 1.64. The van der Waals surface area contributed by atoms with Gasteiger partial charge in [-0.05, 0) is 25.8 Å². The van der Waals surface area contributed by atoms with Crippen LogP contribution in [0.25, 0.3) is 21.5 Å². The summed E-state index contributed by atoms with van der Waals surface area (Å²) in [5.74, 6) is 0. The quantitative estimate of drug-likeness (QED) is 0.747. The van der Waals surface area contributed by atoms with E-state index < -0.39 is 0 Å². The van der Waals surface area contributed by atoms with Crippen LogP contribution in [0.2, 0.25) is 0 Å². The summed E-state index contributed by atoms with van der Waals surface area (Å²) in [6.07, 6.45) is 2.12. The van der Waals surface area contributed by atoms with Crippen LogP contribution in [0.15, 0.2) is 29.6 Å². The molecule has 1 aromatic carbocycles. The van der Waals surface area contributed by atoms with Gasteiger partial charge >= 0.3 is 0 Å². The predicted octanol–water partition coefficient (Wildman–Crippen LogP) is 3.55. The lowest BCUT2D eigenvalue weighted by atomic mass is 10.1. The van der Waals surface area contributed by atoms with Crippen LogP contribution in [0.4, 0.5) is 0 Å². The van der Waals surface area contributed by atoms with E-state index >= 15 is 0 Å². The summed E-state index contributed by atoms with van der Waals surface area (Å²) < 4.78 is 0. The third-order valence-corrected chi connectivity index (χ3v) is 4.77. The van der Waals surface area contributed by atoms with Gasteiger partial charge < -0.3 is 10.7 Å². The number of fused-ring (bicyclic) bond motifs is 1. The fourth-order valence-electron chi connectivity index (χ4n) is 2.56. The molecule has 96 valence electrons. The Morgan fingerprint density at radius 1 is 1.32 bits per heavy atom. The molecule has 0 saturated heterocycles. The molecule has 3 N–H and O–H groups in total. The van der Waals surface area contributed by atoms with Crippen LogP contribution in [-0.2, 0) is 5.54 Å². The molecule has 2 heterocycles. The zero-order valence-electron chi connectivity index (χ0n) is 10.7. The number of nitrogens with two attached hydrogens (primary N) is 1. The number of hydrogen-bond donors (Lipinski definition) is 2. The van der Waals surface area contributed by atoms with Gasteiger partial charge in [-0.15, -0.1) is 11.3 Å². The molecular formula is C15H15N3S. The highest BCUT2D eigenvalue weighted by atomic mass is 32.1. The second-order valence-corrected chi connectivity index (χ2v) is 6.22. The van der Waals surface area contributed by atoms with E-state index in [2.05, 4.69) is 41.6 Å². The number of aryl methyl sites for hydroxylation is 1. The van der Waals surface area contributed by atoms with Crippen molar-refractivity contribution in [2.75, 3.05) is 0 Å². The van der Waals surface area contributed by atoms with E-state index in [1.54, 1.807) is 11.3 Å². The van der Waals surface area contributed by atoms with Crippen LogP contribution in [0.5, 0.6) is 0 Å². The van der Waals surface area contributed by atoms with Crippen molar-refractivity contribution in [2.24, 2.45) is 5.73 Å². The Labute approximate surface area is 115 Å². The zero-order valence-corrected chi connectivity index (χ0v) is 11.6. The van der Waals surface area contributed by atoms with Crippen LogP contribution in [0, 0.1) is 6.92 Å². The van der Waals surface area contributed by atoms with Crippen molar-refractivity contribution in [2.45, 2.75) is 25.3 Å². The molecule has 0 atom stereocenters. The van der Waals surface area contributed by atoms with Gasteiger partial charge in [0.05, 0.1) is 11.2 Å². The largest absolute Gasteiger partial charge is 0.358 e. The minimum atomic E-state index is -0.144. The molecule has 0 unspecified atom stereocenters. The Morgan fingerprint density at radius 3 is 2.89 bits per heavy atom. The SMILES string of the molecule is Cc1[nH]c2ccccc2c1-c1nc(C2(N)CC2)cs1. The van der Waals surface area contributed by atoms with Crippen molar-refractivity contribution in [3.05, 3.63) is 41.0 Å². The highest BCUT2D eigenvalue weighted by Crippen LogP contribution is 2.44. The maximum Gasteiger partial charge on any atom is 0.126 e. The maximum atomic E-state index is 6.22. The number of nitrogens with one attached hydrogen (secondary N) is 1. The normalized spacial score (nSPS) is 16.9. The molecule has 4 heteroatoms. The van der Waals surface area contributed by atoms with Gasteiger partial charge in [-0.2, -0.15) is 0 Å². The Balaban J connectivity index is 1.90. The number of hydrogen-bond acceptors (Lipinski definition) is 3. The summed E-state index contributed by atoms with van der Waals surface area (Å²) in [7, 11) is 0. The summed E-state index contributed by atoms with van der Waals surface area (Å²) in [4.78, 5) is 8.20. The first kappa shape index (κ1) is 11.2. The Kier molecular flexibility index (Phi) is 2.17. The lowest BCUT2D eigenvalue weighted by Crippen LogP contribution is -2.18. The average molecular weight is 269 g/mol. The highest BCUT2D eigenvalue weighted by Gasteiger charge is 2.42. The van der Waals surface area contributed by atoms with Crippen LogP contribution in [-0.4, -0.2) is 9.97 Å². The van der Waals surface area contributed by atoms with E-state index in [0.29, 0.717) is 0 Å². The van der Waals surface area contributed by atoms with E-state index in [-0.39, 0.29) is 5.54 Å². The second kappa shape index (κ2) is 3.68. The number of aromatic amines is 1. The smallest absolute Gasteiger partial charge is 0.126 e. The summed E-state index contributed by atoms with van der Waals surface area (Å²) in [5.41, 5.74) is 10.7. The molecule has 2 aromatic heterocycles. The van der Waals surface area contributed by atoms with Gasteiger partial charge in [0, 0.05) is 27.5 Å². The summed E-state index contributed by atoms with van der Waals surface area (Å²) >= 11 is 1.69. The van der Waals surface area contributed by atoms with Gasteiger partial charge in [0.1, 0.15) is 5.01 Å². The molecule has 0 radical (unpaired) electrons. The standard InChI is InChI=1S/C15H15N3S/c1-9-13(10-4-2-3-5-11(10)17-9)14-18-12(8-19-14)15(16)6-7-15/h2-5,8,17H,6-7,16H2,1H3. The Hall–Kier alpha value is -1.65. The number of H-pyrrole nitrogens is 1. The van der Waals surface area contributed by atoms with E-state index in [1.807, 2.05) is 0 Å². The number of aromatic nitrogens is 2. The number of thiazole rings is 1. The number of para-hydroxylation sites is 1. The van der Waals surface area contributed by atoms with E-state index in [0.717, 1.165) is 23.5 Å². The fraction of sp³-hybridized carbons (Fsp3) is 0.267. The highest BCUT2D eigenvalue weighted by molar-refractivity contribution is 7.13. The molecular weight excluding hydrogens is 254 g/mol. The fourth-order valence-corrected chi connectivity index (χ4v) is 3.60. The minimum Gasteiger partial charge on any atom is -0.358 e. The summed E-state index contributed by atoms with van der Waals surface area (Å²) in [6.45, 7) is 2.10. The molecule has 3 aromatic rings. The predicted molar refractivity (Wildman–Crippen MR) is 79.2 cm³/mol. The lowest BCUT2D eigenvalue weighted by Gasteiger charge is -2.02. The van der Waals surface area contributed by atoms with E-state index in [9.17, 15) is 0 Å². The molecule has 1 fully saturated rings. The van der Waals surface area contributed by atoms with Crippen molar-refractivity contribution in [1.29, 1.82) is 0 Å². The van der Waals surface area contributed by atoms with Crippen LogP contribution in [0.1, 0.15) is 24.2 Å². The number of nitrogens with zero attached hydrogens (tertiary/aromatic N) is 1. The molecule has 0 amide bonds. The monoisotopic (exact) mass is 269 g/mol. The number of benzene rings is 1. The molecule has 3 nitrogen and oxygen atoms in total. The molecule has 0 spiro atoms. The van der Waals surface area contributed by atoms with Crippen molar-refractivity contribution < 1.29 is 0 Å². The van der Waals surface area contributed by atoms with Crippen molar-refractivity contribution in [3.63, 3.8) is 0 Å². The molecule has 0 bridgehead atoms. The first-order chi connectivity index (χ1) is 9.17. The Morgan fingerprint density at radius 2 is 2.11 bits per heavy atom. The van der Waals surface area contributed by atoms with Gasteiger partial charge in [-0.25, -0.2) is 4.98 Å². The van der Waals surface area contributed by atoms with Crippen LogP contribution in [0.3, 0.4) is 0 Å². The van der Waals surface area contributed by atoms with E-state index in [4.69, 9.17) is 10.7 Å². The summed E-state index contributed by atoms with van der Waals surface area (Å²) in [5, 5.41) is 4.42. The van der Waals surface area contributed by atoms with Crippen LogP contribution < -0.4 is 5.73 Å². The van der Waals surface area contributed by atoms with Gasteiger partial charge in [0.25, 0.3) is 0 Å². The zero-order chi connectivity index (χ0) is 13.0. The Bertz CT molecular complexity index is 765. The third-order valence-electron chi connectivity index (χ3n) is 3.91. The molecule has 1 saturated carbocycles. The van der Waals surface area contributed by atoms with Gasteiger partial charge in [-0.1, -0.05) is 18.2 Å².